The number of hydrogen-bond acceptors (Lipinski definition) is 8. The first-order valence-electron chi connectivity index (χ1n) is 10.6. The van der Waals surface area contributed by atoms with E-state index in [4.69, 9.17) is 10.5 Å². The fourth-order valence-electron chi connectivity index (χ4n) is 3.17. The van der Waals surface area contributed by atoms with Crippen molar-refractivity contribution in [3.63, 3.8) is 0 Å². The molecule has 1 aromatic carbocycles. The van der Waals surface area contributed by atoms with Crippen molar-refractivity contribution in [3.05, 3.63) is 72.4 Å². The first-order chi connectivity index (χ1) is 16.6. The van der Waals surface area contributed by atoms with E-state index >= 15 is 0 Å². The number of anilines is 1. The number of carbonyl (C=O) groups excluding carboxylic acids is 1. The van der Waals surface area contributed by atoms with Gasteiger partial charge >= 0.3 is 6.18 Å². The molecule has 12 heteroatoms. The molecule has 1 aliphatic rings. The predicted octanol–water partition coefficient (Wildman–Crippen LogP) is 2.07. The summed E-state index contributed by atoms with van der Waals surface area (Å²) >= 11 is 0. The number of rotatable bonds is 4. The number of nitrogens with zero attached hydrogens (tertiary/aromatic N) is 3. The second kappa shape index (κ2) is 11.7. The lowest BCUT2D eigenvalue weighted by molar-refractivity contribution is -0.141. The molecule has 1 fully saturated rings. The molecule has 9 nitrogen and oxygen atoms in total. The van der Waals surface area contributed by atoms with Crippen molar-refractivity contribution in [1.29, 1.82) is 0 Å². The Morgan fingerprint density at radius 2 is 1.83 bits per heavy atom. The van der Waals surface area contributed by atoms with Crippen molar-refractivity contribution in [3.8, 4) is 11.1 Å². The molecule has 3 heterocycles. The highest BCUT2D eigenvalue weighted by atomic mass is 19.4. The summed E-state index contributed by atoms with van der Waals surface area (Å²) in [4.78, 5) is 22.6. The zero-order valence-corrected chi connectivity index (χ0v) is 18.4. The summed E-state index contributed by atoms with van der Waals surface area (Å²) in [5.74, 6) is -0.578. The van der Waals surface area contributed by atoms with Crippen LogP contribution in [0.25, 0.3) is 11.1 Å². The summed E-state index contributed by atoms with van der Waals surface area (Å²) < 4.78 is 40.8. The maximum Gasteiger partial charge on any atom is 0.434 e. The first-order valence-corrected chi connectivity index (χ1v) is 10.6. The Kier molecular flexibility index (Phi) is 8.68. The Labute approximate surface area is 198 Å². The maximum absolute atomic E-state index is 12.2. The third kappa shape index (κ3) is 7.44. The van der Waals surface area contributed by atoms with E-state index in [9.17, 15) is 28.2 Å². The van der Waals surface area contributed by atoms with Crippen LogP contribution in [0.4, 0.5) is 19.0 Å². The van der Waals surface area contributed by atoms with Gasteiger partial charge in [0.05, 0.1) is 18.5 Å². The number of amides is 1. The molecule has 0 bridgehead atoms. The highest BCUT2D eigenvalue weighted by Crippen LogP contribution is 2.26. The summed E-state index contributed by atoms with van der Waals surface area (Å²) in [6.07, 6.45) is -3.17. The van der Waals surface area contributed by atoms with E-state index < -0.39 is 30.2 Å². The Morgan fingerprint density at radius 1 is 1.09 bits per heavy atom. The molecule has 0 aliphatic carbocycles. The van der Waals surface area contributed by atoms with Gasteiger partial charge < -0.3 is 26.0 Å². The Bertz CT molecular complexity index is 1100. The van der Waals surface area contributed by atoms with E-state index in [0.29, 0.717) is 24.9 Å². The third-order valence-corrected chi connectivity index (χ3v) is 5.03. The van der Waals surface area contributed by atoms with Crippen LogP contribution in [-0.2, 0) is 10.9 Å². The molecule has 4 rings (SSSR count). The second-order valence-corrected chi connectivity index (χ2v) is 7.59. The fraction of sp³-hybridized carbons (Fsp3) is 0.304. The summed E-state index contributed by atoms with van der Waals surface area (Å²) in [6, 6.07) is 13.3. The van der Waals surface area contributed by atoms with Crippen LogP contribution >= 0.6 is 0 Å². The average molecular weight is 491 g/mol. The molecule has 186 valence electrons. The minimum Gasteiger partial charge on any atom is -0.390 e. The lowest BCUT2D eigenvalue weighted by Gasteiger charge is -2.31. The molecule has 1 aliphatic heterocycles. The number of halogens is 3. The smallest absolute Gasteiger partial charge is 0.390 e. The average Bonchev–Trinajstić information content (AvgIpc) is 2.85. The van der Waals surface area contributed by atoms with Gasteiger partial charge in [0.25, 0.3) is 5.91 Å². The molecule has 3 atom stereocenters. The summed E-state index contributed by atoms with van der Waals surface area (Å²) in [7, 11) is 0. The van der Waals surface area contributed by atoms with E-state index in [1.54, 1.807) is 12.3 Å². The molecule has 0 saturated carbocycles. The van der Waals surface area contributed by atoms with Crippen LogP contribution in [0.15, 0.2) is 61.1 Å². The van der Waals surface area contributed by atoms with Gasteiger partial charge in [0, 0.05) is 24.9 Å². The topological polar surface area (TPSA) is 143 Å². The molecular formula is C23H24F3N5O4. The molecule has 3 aromatic rings. The van der Waals surface area contributed by atoms with E-state index in [-0.39, 0.29) is 18.3 Å². The van der Waals surface area contributed by atoms with Gasteiger partial charge in [-0.15, -0.1) is 0 Å². The summed E-state index contributed by atoms with van der Waals surface area (Å²) in [6.45, 7) is 0.488. The molecule has 5 N–H and O–H groups in total. The van der Waals surface area contributed by atoms with Crippen LogP contribution in [0.2, 0.25) is 0 Å². The van der Waals surface area contributed by atoms with E-state index in [1.165, 1.54) is 0 Å². The molecule has 1 amide bonds. The van der Waals surface area contributed by atoms with Gasteiger partial charge in [-0.25, -0.2) is 4.98 Å². The quantitative estimate of drug-likeness (QED) is 0.434. The second-order valence-electron chi connectivity index (χ2n) is 7.59. The number of nitrogens with one attached hydrogen (secondary N) is 1. The van der Waals surface area contributed by atoms with Gasteiger partial charge in [0.1, 0.15) is 23.7 Å². The van der Waals surface area contributed by atoms with E-state index in [2.05, 4.69) is 20.3 Å². The number of benzene rings is 1. The molecular weight excluding hydrogens is 467 g/mol. The monoisotopic (exact) mass is 491 g/mol. The third-order valence-electron chi connectivity index (χ3n) is 5.03. The highest BCUT2D eigenvalue weighted by molar-refractivity contribution is 5.92. The van der Waals surface area contributed by atoms with Gasteiger partial charge in [-0.2, -0.15) is 13.2 Å². The number of aromatic nitrogens is 3. The van der Waals surface area contributed by atoms with Crippen LogP contribution in [-0.4, -0.2) is 62.5 Å². The molecule has 1 saturated heterocycles. The largest absolute Gasteiger partial charge is 0.434 e. The summed E-state index contributed by atoms with van der Waals surface area (Å²) in [5, 5.41) is 22.1. The minimum absolute atomic E-state index is 0.124. The van der Waals surface area contributed by atoms with Gasteiger partial charge in [-0.05, 0) is 18.1 Å². The van der Waals surface area contributed by atoms with Gasteiger partial charge in [0.2, 0.25) is 0 Å². The number of ether oxygens (including phenoxy) is 1. The number of hydrogen-bond donors (Lipinski definition) is 4. The Balaban J connectivity index is 0.000000261. The van der Waals surface area contributed by atoms with Crippen molar-refractivity contribution in [2.45, 2.75) is 30.9 Å². The van der Waals surface area contributed by atoms with Crippen LogP contribution < -0.4 is 11.1 Å². The summed E-state index contributed by atoms with van der Waals surface area (Å²) in [5.41, 5.74) is 6.17. The predicted molar refractivity (Wildman–Crippen MR) is 120 cm³/mol. The Hall–Kier alpha value is -3.61. The molecule has 0 radical (unpaired) electrons. The normalized spacial score (nSPS) is 19.9. The number of alkyl halides is 3. The van der Waals surface area contributed by atoms with Gasteiger partial charge in [0.15, 0.2) is 5.69 Å². The minimum atomic E-state index is -4.47. The number of aliphatic hydroxyl groups excluding tert-OH is 2. The number of pyridine rings is 1. The number of carbonyl (C=O) groups is 1. The van der Waals surface area contributed by atoms with Crippen molar-refractivity contribution >= 4 is 11.7 Å². The van der Waals surface area contributed by atoms with Crippen molar-refractivity contribution < 1.29 is 32.9 Å². The lowest BCUT2D eigenvalue weighted by Crippen LogP contribution is -2.49. The van der Waals surface area contributed by atoms with Crippen molar-refractivity contribution in [2.24, 2.45) is 0 Å². The molecule has 0 spiro atoms. The SMILES string of the molecule is Nc1cncc(C(F)(F)F)n1.O=C(NCC1OCCC(O)C1O)c1ccc(-c2ccccc2)cn1. The molecule has 35 heavy (non-hydrogen) atoms. The zero-order chi connectivity index (χ0) is 25.4. The standard InChI is InChI=1S/C18H20N2O4.C5H4F3N3/c21-15-8-9-24-16(17(15)22)11-20-18(23)14-7-6-13(10-19-14)12-4-2-1-3-5-12;6-5(7,8)3-1-10-2-4(9)11-3/h1-7,10,15-17,21-22H,8-9,11H2,(H,20,23);1-2H,(H2,9,11). The maximum atomic E-state index is 12.2. The number of aliphatic hydroxyl groups is 2. The lowest BCUT2D eigenvalue weighted by atomic mass is 10.0. The number of nitrogen functional groups attached to an aromatic ring is 1. The van der Waals surface area contributed by atoms with Gasteiger partial charge in [-0.3, -0.25) is 14.8 Å². The van der Waals surface area contributed by atoms with Crippen molar-refractivity contribution in [2.75, 3.05) is 18.9 Å². The van der Waals surface area contributed by atoms with Crippen LogP contribution in [0.5, 0.6) is 0 Å². The van der Waals surface area contributed by atoms with Crippen LogP contribution in [0.3, 0.4) is 0 Å². The first kappa shape index (κ1) is 26.0. The van der Waals surface area contributed by atoms with Crippen LogP contribution in [0.1, 0.15) is 22.6 Å². The Morgan fingerprint density at radius 3 is 2.43 bits per heavy atom. The number of nitrogens with two attached hydrogens (primary N) is 1. The molecule has 3 unspecified atom stereocenters. The molecule has 2 aromatic heterocycles. The highest BCUT2D eigenvalue weighted by Gasteiger charge is 2.33. The fourth-order valence-corrected chi connectivity index (χ4v) is 3.17. The zero-order valence-electron chi connectivity index (χ0n) is 18.4. The van der Waals surface area contributed by atoms with Crippen molar-refractivity contribution in [1.82, 2.24) is 20.3 Å². The van der Waals surface area contributed by atoms with Crippen LogP contribution in [0, 0.1) is 0 Å². The van der Waals surface area contributed by atoms with Gasteiger partial charge in [-0.1, -0.05) is 36.4 Å². The van der Waals surface area contributed by atoms with E-state index in [0.717, 1.165) is 17.3 Å². The van der Waals surface area contributed by atoms with E-state index in [1.807, 2.05) is 36.4 Å².